The number of carbonyl (C=O) groups excluding carboxylic acids is 1. The number of nitro groups is 1. The Kier molecular flexibility index (Phi) is 12.8. The minimum absolute atomic E-state index is 0.0170. The summed E-state index contributed by atoms with van der Waals surface area (Å²) in [6, 6.07) is 38.2. The van der Waals surface area contributed by atoms with Crippen LogP contribution in [0.5, 0.6) is 11.5 Å². The monoisotopic (exact) mass is 832 g/mol. The van der Waals surface area contributed by atoms with Crippen LogP contribution in [0, 0.1) is 10.1 Å². The SMILES string of the molecule is CN(C)CCCNc1ccc(S(=O)(=O)NC(=O)c2ccc(N3CCN(Cc4ccccc4-c4ccc(Cl)cc4)CC3)cc2Oc2ccc3ccccc3c2)cc1[N+](=O)[O-]. The summed E-state index contributed by atoms with van der Waals surface area (Å²) in [6.45, 7) is 4.98. The van der Waals surface area contributed by atoms with Crippen molar-refractivity contribution in [3.8, 4) is 22.6 Å². The highest BCUT2D eigenvalue weighted by molar-refractivity contribution is 7.90. The van der Waals surface area contributed by atoms with Gasteiger partial charge in [-0.25, -0.2) is 13.1 Å². The first kappa shape index (κ1) is 41.2. The number of anilines is 2. The zero-order valence-corrected chi connectivity index (χ0v) is 34.4. The highest BCUT2D eigenvalue weighted by atomic mass is 35.5. The molecule has 1 saturated heterocycles. The number of sulfonamides is 1. The molecule has 1 aliphatic heterocycles. The lowest BCUT2D eigenvalue weighted by molar-refractivity contribution is -0.384. The maximum absolute atomic E-state index is 13.9. The molecule has 1 heterocycles. The minimum Gasteiger partial charge on any atom is -0.456 e. The molecule has 6 aromatic rings. The van der Waals surface area contributed by atoms with Crippen LogP contribution in [0.3, 0.4) is 0 Å². The van der Waals surface area contributed by atoms with Gasteiger partial charge < -0.3 is 19.9 Å². The Morgan fingerprint density at radius 1 is 0.847 bits per heavy atom. The van der Waals surface area contributed by atoms with Crippen LogP contribution in [-0.2, 0) is 16.6 Å². The Morgan fingerprint density at radius 2 is 1.58 bits per heavy atom. The van der Waals surface area contributed by atoms with E-state index in [1.165, 1.54) is 17.7 Å². The first-order valence-corrected chi connectivity index (χ1v) is 21.2. The van der Waals surface area contributed by atoms with Gasteiger partial charge in [-0.15, -0.1) is 0 Å². The number of benzene rings is 6. The van der Waals surface area contributed by atoms with Gasteiger partial charge in [0.1, 0.15) is 17.2 Å². The molecule has 0 spiro atoms. The zero-order valence-electron chi connectivity index (χ0n) is 32.8. The first-order valence-electron chi connectivity index (χ1n) is 19.3. The lowest BCUT2D eigenvalue weighted by atomic mass is 9.99. The van der Waals surface area contributed by atoms with E-state index in [4.69, 9.17) is 16.3 Å². The average molecular weight is 833 g/mol. The topological polar surface area (TPSA) is 137 Å². The van der Waals surface area contributed by atoms with E-state index < -0.39 is 31.4 Å². The fraction of sp³-hybridized carbons (Fsp3) is 0.222. The number of piperazine rings is 1. The number of halogens is 1. The molecule has 12 nitrogen and oxygen atoms in total. The Hall–Kier alpha value is -5.99. The number of hydrogen-bond acceptors (Lipinski definition) is 10. The smallest absolute Gasteiger partial charge is 0.293 e. The van der Waals surface area contributed by atoms with Crippen molar-refractivity contribution in [2.24, 2.45) is 0 Å². The molecule has 0 aromatic heterocycles. The maximum Gasteiger partial charge on any atom is 0.293 e. The molecular formula is C45H45ClN6O6S. The highest BCUT2D eigenvalue weighted by Crippen LogP contribution is 2.34. The number of fused-ring (bicyclic) bond motifs is 1. The summed E-state index contributed by atoms with van der Waals surface area (Å²) in [4.78, 5) is 31.4. The van der Waals surface area contributed by atoms with E-state index in [0.29, 0.717) is 30.4 Å². The molecule has 0 radical (unpaired) electrons. The summed E-state index contributed by atoms with van der Waals surface area (Å²) in [7, 11) is -0.680. The number of hydrogen-bond donors (Lipinski definition) is 2. The van der Waals surface area contributed by atoms with Gasteiger partial charge in [0.2, 0.25) is 0 Å². The second-order valence-electron chi connectivity index (χ2n) is 14.7. The van der Waals surface area contributed by atoms with Gasteiger partial charge >= 0.3 is 0 Å². The van der Waals surface area contributed by atoms with E-state index in [1.54, 1.807) is 24.3 Å². The van der Waals surface area contributed by atoms with Crippen molar-refractivity contribution in [3.63, 3.8) is 0 Å². The largest absolute Gasteiger partial charge is 0.456 e. The fourth-order valence-corrected chi connectivity index (χ4v) is 8.26. The Morgan fingerprint density at radius 3 is 2.32 bits per heavy atom. The number of carbonyl (C=O) groups is 1. The van der Waals surface area contributed by atoms with Crippen LogP contribution in [0.15, 0.2) is 132 Å². The third-order valence-electron chi connectivity index (χ3n) is 10.3. The van der Waals surface area contributed by atoms with Gasteiger partial charge in [-0.3, -0.25) is 19.8 Å². The van der Waals surface area contributed by atoms with Crippen LogP contribution in [0.2, 0.25) is 5.02 Å². The Balaban J connectivity index is 1.10. The molecule has 0 saturated carbocycles. The van der Waals surface area contributed by atoms with Crippen LogP contribution < -0.4 is 19.7 Å². The lowest BCUT2D eigenvalue weighted by Gasteiger charge is -2.36. The standard InChI is InChI=1S/C45H45ClN6O6S/c1-49(2)23-7-22-47-42-21-19-39(30-43(42)52(54)55)59(56,57)48-45(53)41-20-17-37(29-44(41)58-38-18-14-32-8-3-4-9-34(32)28-38)51-26-24-50(25-27-51)31-35-10-5-6-11-40(35)33-12-15-36(46)16-13-33/h3-6,8-21,28-30,47H,7,22-27,31H2,1-2H3,(H,48,53). The fourth-order valence-electron chi connectivity index (χ4n) is 7.15. The van der Waals surface area contributed by atoms with E-state index in [0.717, 1.165) is 66.3 Å². The molecule has 0 aliphatic carbocycles. The second kappa shape index (κ2) is 18.3. The number of nitrogens with zero attached hydrogens (tertiary/aromatic N) is 4. The second-order valence-corrected chi connectivity index (χ2v) is 16.8. The van der Waals surface area contributed by atoms with Gasteiger partial charge in [0.15, 0.2) is 0 Å². The van der Waals surface area contributed by atoms with Crippen molar-refractivity contribution < 1.29 is 22.9 Å². The molecule has 0 bridgehead atoms. The van der Waals surface area contributed by atoms with E-state index in [2.05, 4.69) is 38.0 Å². The van der Waals surface area contributed by atoms with Crippen molar-refractivity contribution in [1.29, 1.82) is 0 Å². The molecule has 7 rings (SSSR count). The molecule has 59 heavy (non-hydrogen) atoms. The normalized spacial score (nSPS) is 13.4. The van der Waals surface area contributed by atoms with E-state index in [-0.39, 0.29) is 17.0 Å². The summed E-state index contributed by atoms with van der Waals surface area (Å²) in [5.41, 5.74) is 4.05. The van der Waals surface area contributed by atoms with Crippen molar-refractivity contribution in [3.05, 3.63) is 154 Å². The van der Waals surface area contributed by atoms with Gasteiger partial charge in [-0.1, -0.05) is 78.3 Å². The summed E-state index contributed by atoms with van der Waals surface area (Å²) in [5, 5.41) is 17.6. The van der Waals surface area contributed by atoms with E-state index in [1.807, 2.05) is 85.7 Å². The third-order valence-corrected chi connectivity index (χ3v) is 11.8. The molecule has 304 valence electrons. The molecule has 14 heteroatoms. The number of rotatable bonds is 15. The van der Waals surface area contributed by atoms with Gasteiger partial charge in [-0.2, -0.15) is 0 Å². The lowest BCUT2D eigenvalue weighted by Crippen LogP contribution is -2.46. The summed E-state index contributed by atoms with van der Waals surface area (Å²) >= 11 is 6.16. The number of nitrogens with one attached hydrogen (secondary N) is 2. The predicted molar refractivity (Wildman–Crippen MR) is 234 cm³/mol. The minimum atomic E-state index is -4.54. The van der Waals surface area contributed by atoms with Crippen LogP contribution in [0.4, 0.5) is 17.1 Å². The molecule has 0 unspecified atom stereocenters. The predicted octanol–water partition coefficient (Wildman–Crippen LogP) is 8.67. The number of amides is 1. The Bertz CT molecular complexity index is 2580. The van der Waals surface area contributed by atoms with Gasteiger partial charge in [-0.05, 0) is 103 Å². The molecule has 1 amide bonds. The van der Waals surface area contributed by atoms with E-state index in [9.17, 15) is 23.3 Å². The average Bonchev–Trinajstić information content (AvgIpc) is 3.23. The van der Waals surface area contributed by atoms with Gasteiger partial charge in [0, 0.05) is 62.1 Å². The van der Waals surface area contributed by atoms with Crippen LogP contribution in [0.1, 0.15) is 22.3 Å². The quantitative estimate of drug-likeness (QED) is 0.0588. The molecular weight excluding hydrogens is 788 g/mol. The maximum atomic E-state index is 13.9. The van der Waals surface area contributed by atoms with Crippen LogP contribution in [0.25, 0.3) is 21.9 Å². The van der Waals surface area contributed by atoms with E-state index >= 15 is 0 Å². The molecule has 6 aromatic carbocycles. The highest BCUT2D eigenvalue weighted by Gasteiger charge is 2.27. The molecule has 2 N–H and O–H groups in total. The third kappa shape index (κ3) is 10.2. The van der Waals surface area contributed by atoms with Crippen molar-refractivity contribution >= 4 is 55.4 Å². The first-order chi connectivity index (χ1) is 28.4. The molecule has 1 aliphatic rings. The summed E-state index contributed by atoms with van der Waals surface area (Å²) in [5.74, 6) is -0.315. The van der Waals surface area contributed by atoms with Crippen LogP contribution in [-0.4, -0.2) is 82.4 Å². The van der Waals surface area contributed by atoms with Gasteiger partial charge in [0.05, 0.1) is 15.4 Å². The van der Waals surface area contributed by atoms with Crippen molar-refractivity contribution in [1.82, 2.24) is 14.5 Å². The molecule has 0 atom stereocenters. The number of ether oxygens (including phenoxy) is 1. The summed E-state index contributed by atoms with van der Waals surface area (Å²) in [6.07, 6.45) is 0.722. The Labute approximate surface area is 349 Å². The van der Waals surface area contributed by atoms with Crippen LogP contribution >= 0.6 is 11.6 Å². The summed E-state index contributed by atoms with van der Waals surface area (Å²) < 4.78 is 35.7. The zero-order chi connectivity index (χ0) is 41.5. The van der Waals surface area contributed by atoms with Crippen molar-refractivity contribution in [2.45, 2.75) is 17.9 Å². The van der Waals surface area contributed by atoms with Crippen molar-refractivity contribution in [2.75, 3.05) is 63.6 Å². The van der Waals surface area contributed by atoms with Gasteiger partial charge in [0.25, 0.3) is 21.6 Å². The molecule has 1 fully saturated rings. The number of nitro benzene ring substituents is 1.